The first-order valence-corrected chi connectivity index (χ1v) is 8.64. The minimum Gasteiger partial charge on any atom is -0.322 e. The zero-order valence-corrected chi connectivity index (χ0v) is 14.7. The van der Waals surface area contributed by atoms with Crippen molar-refractivity contribution in [3.63, 3.8) is 0 Å². The van der Waals surface area contributed by atoms with Gasteiger partial charge in [-0.05, 0) is 12.0 Å². The molecular formula is C16H13ClF3N5S. The van der Waals surface area contributed by atoms with E-state index in [9.17, 15) is 13.2 Å². The van der Waals surface area contributed by atoms with Crippen LogP contribution in [0.2, 0.25) is 4.34 Å². The Balaban J connectivity index is 1.71. The van der Waals surface area contributed by atoms with Crippen LogP contribution in [0, 0.1) is 0 Å². The highest BCUT2D eigenvalue weighted by molar-refractivity contribution is 7.19. The van der Waals surface area contributed by atoms with Gasteiger partial charge in [0.25, 0.3) is 0 Å². The van der Waals surface area contributed by atoms with Gasteiger partial charge in [-0.15, -0.1) is 0 Å². The number of nitrogens with one attached hydrogen (secondary N) is 1. The molecule has 0 bridgehead atoms. The maximum Gasteiger partial charge on any atom is 0.419 e. The first kappa shape index (κ1) is 18.6. The summed E-state index contributed by atoms with van der Waals surface area (Å²) in [4.78, 5) is 11.6. The largest absolute Gasteiger partial charge is 0.419 e. The molecule has 136 valence electrons. The lowest BCUT2D eigenvalue weighted by molar-refractivity contribution is -0.138. The van der Waals surface area contributed by atoms with E-state index in [0.29, 0.717) is 34.0 Å². The Hall–Kier alpha value is -2.23. The first-order chi connectivity index (χ1) is 12.3. The van der Waals surface area contributed by atoms with E-state index >= 15 is 0 Å². The van der Waals surface area contributed by atoms with Crippen LogP contribution >= 0.6 is 22.9 Å². The van der Waals surface area contributed by atoms with Crippen LogP contribution in [0.3, 0.4) is 0 Å². The molecule has 0 saturated carbocycles. The SMILES string of the molecule is N[C@@H](Cc1ccccc1)c1nc(Nc2ncc(C(F)(F)F)cn2)sc1Cl. The molecule has 0 spiro atoms. The minimum atomic E-state index is -4.49. The van der Waals surface area contributed by atoms with Gasteiger partial charge < -0.3 is 5.73 Å². The third kappa shape index (κ3) is 4.48. The molecule has 3 rings (SSSR count). The quantitative estimate of drug-likeness (QED) is 0.656. The normalized spacial score (nSPS) is 12.8. The van der Waals surface area contributed by atoms with E-state index in [-0.39, 0.29) is 5.95 Å². The lowest BCUT2D eigenvalue weighted by Crippen LogP contribution is -2.14. The Morgan fingerprint density at radius 1 is 1.15 bits per heavy atom. The van der Waals surface area contributed by atoms with E-state index in [0.717, 1.165) is 16.9 Å². The topological polar surface area (TPSA) is 76.7 Å². The number of halogens is 4. The maximum absolute atomic E-state index is 12.5. The fourth-order valence-electron chi connectivity index (χ4n) is 2.19. The number of alkyl halides is 3. The van der Waals surface area contributed by atoms with Crippen molar-refractivity contribution in [1.29, 1.82) is 0 Å². The average molecular weight is 400 g/mol. The first-order valence-electron chi connectivity index (χ1n) is 7.45. The molecule has 26 heavy (non-hydrogen) atoms. The molecule has 3 N–H and O–H groups in total. The molecule has 5 nitrogen and oxygen atoms in total. The van der Waals surface area contributed by atoms with Gasteiger partial charge in [-0.3, -0.25) is 5.32 Å². The van der Waals surface area contributed by atoms with E-state index in [1.165, 1.54) is 0 Å². The Bertz CT molecular complexity index is 868. The zero-order chi connectivity index (χ0) is 18.7. The van der Waals surface area contributed by atoms with E-state index in [4.69, 9.17) is 17.3 Å². The highest BCUT2D eigenvalue weighted by Crippen LogP contribution is 2.34. The number of aromatic nitrogens is 3. The fraction of sp³-hybridized carbons (Fsp3) is 0.188. The molecule has 2 heterocycles. The van der Waals surface area contributed by atoms with Gasteiger partial charge in [0.1, 0.15) is 4.34 Å². The molecule has 0 saturated heterocycles. The van der Waals surface area contributed by atoms with Crippen LogP contribution in [0.4, 0.5) is 24.3 Å². The minimum absolute atomic E-state index is 0.00778. The van der Waals surface area contributed by atoms with Gasteiger partial charge in [0.05, 0.1) is 17.3 Å². The predicted molar refractivity (Wildman–Crippen MR) is 94.5 cm³/mol. The molecule has 0 amide bonds. The summed E-state index contributed by atoms with van der Waals surface area (Å²) in [6, 6.07) is 9.24. The van der Waals surface area contributed by atoms with Crippen molar-refractivity contribution in [2.45, 2.75) is 18.6 Å². The van der Waals surface area contributed by atoms with E-state index in [1.807, 2.05) is 30.3 Å². The average Bonchev–Trinajstić information content (AvgIpc) is 2.96. The summed E-state index contributed by atoms with van der Waals surface area (Å²) in [5.74, 6) is -0.00778. The summed E-state index contributed by atoms with van der Waals surface area (Å²) in [5.41, 5.74) is 6.81. The van der Waals surface area contributed by atoms with E-state index in [1.54, 1.807) is 0 Å². The molecule has 0 aliphatic heterocycles. The van der Waals surface area contributed by atoms with Crippen molar-refractivity contribution in [3.8, 4) is 0 Å². The standard InChI is InChI=1S/C16H13ClF3N5S/c17-13-12(11(21)6-9-4-2-1-3-5-9)24-15(26-13)25-14-22-7-10(8-23-14)16(18,19)20/h1-5,7-8,11H,6,21H2,(H,22,23,24,25)/t11-/m0/s1. The fourth-order valence-corrected chi connectivity index (χ4v) is 3.35. The number of thiazole rings is 1. The second-order valence-corrected chi connectivity index (χ2v) is 6.99. The summed E-state index contributed by atoms with van der Waals surface area (Å²) in [7, 11) is 0. The number of anilines is 2. The summed E-state index contributed by atoms with van der Waals surface area (Å²) in [5, 5.41) is 3.10. The highest BCUT2D eigenvalue weighted by atomic mass is 35.5. The molecule has 1 atom stereocenters. The second-order valence-electron chi connectivity index (χ2n) is 5.39. The van der Waals surface area contributed by atoms with Gasteiger partial charge in [-0.1, -0.05) is 53.3 Å². The van der Waals surface area contributed by atoms with Gasteiger partial charge in [-0.2, -0.15) is 13.2 Å². The monoisotopic (exact) mass is 399 g/mol. The Labute approximate surface area is 156 Å². The highest BCUT2D eigenvalue weighted by Gasteiger charge is 2.31. The Morgan fingerprint density at radius 3 is 2.42 bits per heavy atom. The Kier molecular flexibility index (Phi) is 5.40. The van der Waals surface area contributed by atoms with Crippen LogP contribution in [-0.2, 0) is 12.6 Å². The van der Waals surface area contributed by atoms with E-state index < -0.39 is 17.8 Å². The van der Waals surface area contributed by atoms with Crippen LogP contribution in [-0.4, -0.2) is 15.0 Å². The van der Waals surface area contributed by atoms with Crippen molar-refractivity contribution in [3.05, 3.63) is 63.9 Å². The number of nitrogens with two attached hydrogens (primary N) is 1. The van der Waals surface area contributed by atoms with Gasteiger partial charge in [0.2, 0.25) is 5.95 Å². The predicted octanol–water partition coefficient (Wildman–Crippen LogP) is 4.59. The molecule has 0 radical (unpaired) electrons. The lowest BCUT2D eigenvalue weighted by atomic mass is 10.1. The van der Waals surface area contributed by atoms with Gasteiger partial charge in [0, 0.05) is 12.4 Å². The van der Waals surface area contributed by atoms with Crippen LogP contribution in [0.25, 0.3) is 0 Å². The summed E-state index contributed by atoms with van der Waals surface area (Å²) in [6.07, 6.45) is -2.53. The molecular weight excluding hydrogens is 387 g/mol. The van der Waals surface area contributed by atoms with Crippen molar-refractivity contribution in [2.75, 3.05) is 5.32 Å². The van der Waals surface area contributed by atoms with Crippen molar-refractivity contribution >= 4 is 34.0 Å². The smallest absolute Gasteiger partial charge is 0.322 e. The van der Waals surface area contributed by atoms with E-state index in [2.05, 4.69) is 20.3 Å². The van der Waals surface area contributed by atoms with Gasteiger partial charge >= 0.3 is 6.18 Å². The van der Waals surface area contributed by atoms with Crippen molar-refractivity contribution in [1.82, 2.24) is 15.0 Å². The number of hydrogen-bond donors (Lipinski definition) is 2. The summed E-state index contributed by atoms with van der Waals surface area (Å²) < 4.78 is 38.0. The molecule has 1 aromatic carbocycles. The molecule has 0 unspecified atom stereocenters. The number of benzene rings is 1. The zero-order valence-electron chi connectivity index (χ0n) is 13.2. The number of nitrogens with zero attached hydrogens (tertiary/aromatic N) is 3. The number of rotatable bonds is 5. The Morgan fingerprint density at radius 2 is 1.81 bits per heavy atom. The molecule has 10 heteroatoms. The van der Waals surface area contributed by atoms with Gasteiger partial charge in [0.15, 0.2) is 5.13 Å². The summed E-state index contributed by atoms with van der Waals surface area (Å²) >= 11 is 7.32. The number of hydrogen-bond acceptors (Lipinski definition) is 6. The molecule has 0 fully saturated rings. The lowest BCUT2D eigenvalue weighted by Gasteiger charge is -2.09. The van der Waals surface area contributed by atoms with Crippen LogP contribution in [0.5, 0.6) is 0 Å². The van der Waals surface area contributed by atoms with Gasteiger partial charge in [-0.25, -0.2) is 15.0 Å². The van der Waals surface area contributed by atoms with Crippen LogP contribution in [0.15, 0.2) is 42.7 Å². The maximum atomic E-state index is 12.5. The molecule has 3 aromatic rings. The third-order valence-corrected chi connectivity index (χ3v) is 4.66. The second kappa shape index (κ2) is 7.56. The third-order valence-electron chi connectivity index (χ3n) is 3.46. The van der Waals surface area contributed by atoms with Crippen molar-refractivity contribution in [2.24, 2.45) is 5.73 Å². The molecule has 0 aliphatic carbocycles. The van der Waals surface area contributed by atoms with Crippen LogP contribution < -0.4 is 11.1 Å². The molecule has 0 aliphatic rings. The summed E-state index contributed by atoms with van der Waals surface area (Å²) in [6.45, 7) is 0. The van der Waals surface area contributed by atoms with Crippen molar-refractivity contribution < 1.29 is 13.2 Å². The van der Waals surface area contributed by atoms with Crippen LogP contribution in [0.1, 0.15) is 22.9 Å². The molecule has 2 aromatic heterocycles.